The van der Waals surface area contributed by atoms with Crippen molar-refractivity contribution in [2.24, 2.45) is 0 Å². The van der Waals surface area contributed by atoms with Gasteiger partial charge in [-0.2, -0.15) is 5.10 Å². The van der Waals surface area contributed by atoms with Crippen LogP contribution < -0.4 is 0 Å². The fourth-order valence-corrected chi connectivity index (χ4v) is 2.69. The third-order valence-corrected chi connectivity index (χ3v) is 3.88. The SMILES string of the molecule is O=C(O)c1cc(-c2cccs2)nn1-c1cccc([N+](=O)[O-])c1. The number of nitrogens with zero attached hydrogens (tertiary/aromatic N) is 3. The van der Waals surface area contributed by atoms with E-state index in [4.69, 9.17) is 0 Å². The summed E-state index contributed by atoms with van der Waals surface area (Å²) < 4.78 is 1.20. The topological polar surface area (TPSA) is 98.3 Å². The first-order chi connectivity index (χ1) is 10.6. The molecule has 0 unspecified atom stereocenters. The second-order valence-corrected chi connectivity index (χ2v) is 5.33. The molecule has 2 aromatic heterocycles. The third-order valence-electron chi connectivity index (χ3n) is 2.99. The van der Waals surface area contributed by atoms with Crippen LogP contribution in [-0.2, 0) is 0 Å². The molecular weight excluding hydrogens is 306 g/mol. The van der Waals surface area contributed by atoms with Crippen LogP contribution in [0, 0.1) is 10.1 Å². The predicted octanol–water partition coefficient (Wildman–Crippen LogP) is 3.21. The fraction of sp³-hybridized carbons (Fsp3) is 0. The number of aromatic carboxylic acids is 1. The summed E-state index contributed by atoms with van der Waals surface area (Å²) in [6.45, 7) is 0. The van der Waals surface area contributed by atoms with Crippen LogP contribution in [0.15, 0.2) is 47.8 Å². The quantitative estimate of drug-likeness (QED) is 0.589. The molecule has 110 valence electrons. The number of benzene rings is 1. The maximum absolute atomic E-state index is 11.4. The molecule has 0 fully saturated rings. The standard InChI is InChI=1S/C14H9N3O4S/c18-14(19)12-8-11(13-5-2-6-22-13)15-16(12)9-3-1-4-10(7-9)17(20)21/h1-8H,(H,18,19). The minimum Gasteiger partial charge on any atom is -0.477 e. The monoisotopic (exact) mass is 315 g/mol. The van der Waals surface area contributed by atoms with Crippen molar-refractivity contribution in [2.45, 2.75) is 0 Å². The highest BCUT2D eigenvalue weighted by atomic mass is 32.1. The summed E-state index contributed by atoms with van der Waals surface area (Å²) in [6.07, 6.45) is 0. The summed E-state index contributed by atoms with van der Waals surface area (Å²) >= 11 is 1.44. The molecule has 0 amide bonds. The lowest BCUT2D eigenvalue weighted by Gasteiger charge is -2.03. The highest BCUT2D eigenvalue weighted by molar-refractivity contribution is 7.13. The second kappa shape index (κ2) is 5.41. The number of thiophene rings is 1. The summed E-state index contributed by atoms with van der Waals surface area (Å²) in [7, 11) is 0. The molecule has 0 saturated heterocycles. The molecular formula is C14H9N3O4S. The zero-order valence-corrected chi connectivity index (χ0v) is 11.9. The molecule has 0 radical (unpaired) electrons. The largest absolute Gasteiger partial charge is 0.477 e. The number of carboxylic acids is 1. The molecule has 3 aromatic rings. The molecule has 0 aliphatic carbocycles. The van der Waals surface area contributed by atoms with Crippen LogP contribution in [0.2, 0.25) is 0 Å². The lowest BCUT2D eigenvalue weighted by molar-refractivity contribution is -0.384. The molecule has 0 aliphatic rings. The molecule has 1 aromatic carbocycles. The van der Waals surface area contributed by atoms with Gasteiger partial charge in [0.15, 0.2) is 5.69 Å². The van der Waals surface area contributed by atoms with Crippen molar-refractivity contribution in [1.29, 1.82) is 0 Å². The van der Waals surface area contributed by atoms with Gasteiger partial charge in [0.25, 0.3) is 5.69 Å². The lowest BCUT2D eigenvalue weighted by atomic mass is 10.2. The van der Waals surface area contributed by atoms with Crippen LogP contribution in [-0.4, -0.2) is 25.8 Å². The molecule has 0 atom stereocenters. The van der Waals surface area contributed by atoms with E-state index in [1.807, 2.05) is 17.5 Å². The second-order valence-electron chi connectivity index (χ2n) is 4.39. The Morgan fingerprint density at radius 1 is 1.27 bits per heavy atom. The third kappa shape index (κ3) is 2.47. The van der Waals surface area contributed by atoms with Crippen molar-refractivity contribution in [3.63, 3.8) is 0 Å². The van der Waals surface area contributed by atoms with Gasteiger partial charge in [0.05, 0.1) is 15.5 Å². The number of nitro groups is 1. The lowest BCUT2D eigenvalue weighted by Crippen LogP contribution is -2.08. The normalized spacial score (nSPS) is 10.5. The van der Waals surface area contributed by atoms with Gasteiger partial charge < -0.3 is 5.11 Å². The van der Waals surface area contributed by atoms with Gasteiger partial charge in [0.1, 0.15) is 5.69 Å². The van der Waals surface area contributed by atoms with Crippen molar-refractivity contribution in [3.05, 3.63) is 63.7 Å². The zero-order chi connectivity index (χ0) is 15.7. The number of carbonyl (C=O) groups is 1. The first-order valence-electron chi connectivity index (χ1n) is 6.18. The van der Waals surface area contributed by atoms with E-state index in [1.54, 1.807) is 6.07 Å². The van der Waals surface area contributed by atoms with E-state index in [9.17, 15) is 20.0 Å². The van der Waals surface area contributed by atoms with Crippen LogP contribution in [0.3, 0.4) is 0 Å². The summed E-state index contributed by atoms with van der Waals surface area (Å²) in [6, 6.07) is 10.8. The van der Waals surface area contributed by atoms with Crippen LogP contribution >= 0.6 is 11.3 Å². The van der Waals surface area contributed by atoms with Crippen molar-refractivity contribution < 1.29 is 14.8 Å². The number of hydrogen-bond acceptors (Lipinski definition) is 5. The molecule has 3 rings (SSSR count). The van der Waals surface area contributed by atoms with Gasteiger partial charge in [-0.25, -0.2) is 9.48 Å². The Bertz CT molecular complexity index is 855. The summed E-state index contributed by atoms with van der Waals surface area (Å²) in [4.78, 5) is 22.6. The molecule has 22 heavy (non-hydrogen) atoms. The number of aromatic nitrogens is 2. The van der Waals surface area contributed by atoms with Gasteiger partial charge in [-0.05, 0) is 17.5 Å². The van der Waals surface area contributed by atoms with E-state index >= 15 is 0 Å². The summed E-state index contributed by atoms with van der Waals surface area (Å²) in [5.41, 5.74) is 0.666. The Balaban J connectivity index is 2.15. The number of non-ortho nitro benzene ring substituents is 1. The number of hydrogen-bond donors (Lipinski definition) is 1. The molecule has 8 heteroatoms. The number of carboxylic acid groups (broad SMARTS) is 1. The number of rotatable bonds is 4. The molecule has 0 saturated carbocycles. The van der Waals surface area contributed by atoms with Crippen LogP contribution in [0.25, 0.3) is 16.3 Å². The smallest absolute Gasteiger partial charge is 0.354 e. The average molecular weight is 315 g/mol. The summed E-state index contributed by atoms with van der Waals surface area (Å²) in [5.74, 6) is -1.15. The van der Waals surface area contributed by atoms with Gasteiger partial charge >= 0.3 is 5.97 Å². The van der Waals surface area contributed by atoms with Crippen LogP contribution in [0.4, 0.5) is 5.69 Å². The molecule has 0 bridgehead atoms. The Morgan fingerprint density at radius 2 is 2.09 bits per heavy atom. The van der Waals surface area contributed by atoms with E-state index in [2.05, 4.69) is 5.10 Å². The van der Waals surface area contributed by atoms with Crippen molar-refractivity contribution in [1.82, 2.24) is 9.78 Å². The van der Waals surface area contributed by atoms with Crippen LogP contribution in [0.5, 0.6) is 0 Å². The van der Waals surface area contributed by atoms with Crippen molar-refractivity contribution in [3.8, 4) is 16.3 Å². The molecule has 0 spiro atoms. The highest BCUT2D eigenvalue weighted by Gasteiger charge is 2.18. The average Bonchev–Trinajstić information content (AvgIpc) is 3.16. The highest BCUT2D eigenvalue weighted by Crippen LogP contribution is 2.26. The zero-order valence-electron chi connectivity index (χ0n) is 11.0. The maximum Gasteiger partial charge on any atom is 0.354 e. The van der Waals surface area contributed by atoms with Gasteiger partial charge in [-0.1, -0.05) is 12.1 Å². The molecule has 1 N–H and O–H groups in total. The minimum atomic E-state index is -1.15. The van der Waals surface area contributed by atoms with Gasteiger partial charge in [0.2, 0.25) is 0 Å². The van der Waals surface area contributed by atoms with E-state index in [-0.39, 0.29) is 11.4 Å². The maximum atomic E-state index is 11.4. The van der Waals surface area contributed by atoms with Gasteiger partial charge in [-0.15, -0.1) is 11.3 Å². The molecule has 0 aliphatic heterocycles. The first kappa shape index (κ1) is 14.0. The van der Waals surface area contributed by atoms with E-state index in [1.165, 1.54) is 40.3 Å². The minimum absolute atomic E-state index is 0.0519. The fourth-order valence-electron chi connectivity index (χ4n) is 2.01. The van der Waals surface area contributed by atoms with Gasteiger partial charge in [0, 0.05) is 18.2 Å². The Morgan fingerprint density at radius 3 is 2.73 bits per heavy atom. The Hall–Kier alpha value is -3.00. The van der Waals surface area contributed by atoms with E-state index < -0.39 is 10.9 Å². The Labute approximate surface area is 128 Å². The Kier molecular flexibility index (Phi) is 3.43. The predicted molar refractivity (Wildman–Crippen MR) is 80.5 cm³/mol. The van der Waals surface area contributed by atoms with Crippen molar-refractivity contribution >= 4 is 23.0 Å². The number of nitro benzene ring substituents is 1. The summed E-state index contributed by atoms with van der Waals surface area (Å²) in [5, 5.41) is 26.3. The van der Waals surface area contributed by atoms with E-state index in [0.29, 0.717) is 11.4 Å². The first-order valence-corrected chi connectivity index (χ1v) is 7.06. The van der Waals surface area contributed by atoms with Crippen LogP contribution in [0.1, 0.15) is 10.5 Å². The van der Waals surface area contributed by atoms with Gasteiger partial charge in [-0.3, -0.25) is 10.1 Å². The molecule has 7 nitrogen and oxygen atoms in total. The van der Waals surface area contributed by atoms with Crippen molar-refractivity contribution in [2.75, 3.05) is 0 Å². The molecule has 2 heterocycles. The van der Waals surface area contributed by atoms with E-state index in [0.717, 1.165) is 4.88 Å².